The van der Waals surface area contributed by atoms with Crippen LogP contribution in [-0.2, 0) is 7.86 Å². The Morgan fingerprint density at radius 3 is 2.83 bits per heavy atom. The number of nitrogens with zero attached hydrogens (tertiary/aromatic N) is 1. The molecule has 0 N–H and O–H groups in total. The molecule has 2 atom stereocenters. The number of carbonyl (C=O) groups excluding carboxylic acids is 1. The van der Waals surface area contributed by atoms with Crippen molar-refractivity contribution < 1.29 is 12.3 Å². The molecular formula is C7H11FINO2. The van der Waals surface area contributed by atoms with Gasteiger partial charge in [0, 0.05) is 13.5 Å². The van der Waals surface area contributed by atoms with Crippen molar-refractivity contribution in [1.29, 1.82) is 0 Å². The fourth-order valence-corrected chi connectivity index (χ4v) is 1.84. The second-order valence-corrected chi connectivity index (χ2v) is 3.41. The zero-order chi connectivity index (χ0) is 9.14. The summed E-state index contributed by atoms with van der Waals surface area (Å²) in [5.41, 5.74) is 0. The fourth-order valence-electron chi connectivity index (χ4n) is 1.27. The van der Waals surface area contributed by atoms with Gasteiger partial charge in [0.15, 0.2) is 0 Å². The van der Waals surface area contributed by atoms with Gasteiger partial charge in [-0.3, -0.25) is 4.79 Å². The maximum Gasteiger partial charge on any atom is 0.219 e. The van der Waals surface area contributed by atoms with Crippen molar-refractivity contribution in [2.45, 2.75) is 25.6 Å². The Morgan fingerprint density at radius 1 is 1.75 bits per heavy atom. The average Bonchev–Trinajstić information content (AvgIpc) is 2.04. The van der Waals surface area contributed by atoms with Crippen molar-refractivity contribution in [2.75, 3.05) is 13.1 Å². The topological polar surface area (TPSA) is 29.5 Å². The summed E-state index contributed by atoms with van der Waals surface area (Å²) in [6.45, 7) is 2.23. The van der Waals surface area contributed by atoms with Gasteiger partial charge in [-0.15, -0.1) is 0 Å². The maximum atomic E-state index is 13.1. The SMILES string of the molecule is CC(=O)N1CC[C@H](OI)[C@H](F)C1. The quantitative estimate of drug-likeness (QED) is 0.681. The molecule has 1 fully saturated rings. The van der Waals surface area contributed by atoms with Crippen LogP contribution in [0.25, 0.3) is 0 Å². The van der Waals surface area contributed by atoms with Gasteiger partial charge in [0.1, 0.15) is 35.3 Å². The molecule has 0 unspecified atom stereocenters. The molecule has 5 heteroatoms. The van der Waals surface area contributed by atoms with Crippen molar-refractivity contribution in [1.82, 2.24) is 4.90 Å². The van der Waals surface area contributed by atoms with Gasteiger partial charge in [-0.05, 0) is 6.42 Å². The van der Waals surface area contributed by atoms with E-state index in [2.05, 4.69) is 0 Å². The average molecular weight is 287 g/mol. The molecular weight excluding hydrogens is 276 g/mol. The molecule has 0 aromatic carbocycles. The molecule has 1 aliphatic rings. The third-order valence-corrected chi connectivity index (χ3v) is 2.69. The number of hydrogen-bond acceptors (Lipinski definition) is 2. The predicted octanol–water partition coefficient (Wildman–Crippen LogP) is 1.31. The van der Waals surface area contributed by atoms with E-state index in [-0.39, 0.29) is 18.6 Å². The molecule has 0 radical (unpaired) electrons. The zero-order valence-electron chi connectivity index (χ0n) is 6.80. The second-order valence-electron chi connectivity index (χ2n) is 2.90. The van der Waals surface area contributed by atoms with Gasteiger partial charge in [0.05, 0.1) is 6.54 Å². The van der Waals surface area contributed by atoms with E-state index in [1.165, 1.54) is 11.8 Å². The highest BCUT2D eigenvalue weighted by molar-refractivity contribution is 14.1. The van der Waals surface area contributed by atoms with E-state index in [1.807, 2.05) is 0 Å². The highest BCUT2D eigenvalue weighted by Gasteiger charge is 2.30. The lowest BCUT2D eigenvalue weighted by Gasteiger charge is -2.32. The van der Waals surface area contributed by atoms with Crippen molar-refractivity contribution >= 4 is 28.9 Å². The number of halogens is 2. The van der Waals surface area contributed by atoms with E-state index in [1.54, 1.807) is 23.0 Å². The first kappa shape index (κ1) is 10.2. The summed E-state index contributed by atoms with van der Waals surface area (Å²) in [5.74, 6) is -0.0652. The number of hydrogen-bond donors (Lipinski definition) is 0. The standard InChI is InChI=1S/C7H11FINO2/c1-5(11)10-3-2-7(12-9)6(8)4-10/h6-7H,2-4H2,1H3/t6-,7+/m1/s1. The van der Waals surface area contributed by atoms with Crippen LogP contribution >= 0.6 is 23.0 Å². The first-order valence-corrected chi connectivity index (χ1v) is 4.70. The molecule has 0 bridgehead atoms. The van der Waals surface area contributed by atoms with E-state index in [4.69, 9.17) is 3.07 Å². The first-order chi connectivity index (χ1) is 5.65. The Hall–Kier alpha value is 0.0900. The minimum Gasteiger partial charge on any atom is -0.340 e. The normalized spacial score (nSPS) is 30.4. The number of amides is 1. The molecule has 0 aromatic rings. The highest BCUT2D eigenvalue weighted by Crippen LogP contribution is 2.19. The molecule has 70 valence electrons. The Morgan fingerprint density at radius 2 is 2.42 bits per heavy atom. The summed E-state index contributed by atoms with van der Waals surface area (Å²) in [6, 6.07) is 0. The molecule has 1 rings (SSSR count). The molecule has 1 amide bonds. The van der Waals surface area contributed by atoms with Gasteiger partial charge in [0.25, 0.3) is 0 Å². The summed E-state index contributed by atoms with van der Waals surface area (Å²) in [7, 11) is 0. The van der Waals surface area contributed by atoms with Crippen LogP contribution in [-0.4, -0.2) is 36.2 Å². The highest BCUT2D eigenvalue weighted by atomic mass is 127. The summed E-state index contributed by atoms with van der Waals surface area (Å²) in [5, 5.41) is 0. The van der Waals surface area contributed by atoms with E-state index >= 15 is 0 Å². The van der Waals surface area contributed by atoms with E-state index in [0.717, 1.165) is 0 Å². The van der Waals surface area contributed by atoms with E-state index < -0.39 is 6.17 Å². The Balaban J connectivity index is 2.46. The van der Waals surface area contributed by atoms with Crippen molar-refractivity contribution in [3.63, 3.8) is 0 Å². The third-order valence-electron chi connectivity index (χ3n) is 2.04. The number of likely N-dealkylation sites (tertiary alicyclic amines) is 1. The lowest BCUT2D eigenvalue weighted by molar-refractivity contribution is -0.132. The van der Waals surface area contributed by atoms with Crippen LogP contribution < -0.4 is 0 Å². The number of piperidine rings is 1. The molecule has 0 aromatic heterocycles. The summed E-state index contributed by atoms with van der Waals surface area (Å²) in [4.78, 5) is 12.4. The van der Waals surface area contributed by atoms with Crippen LogP contribution in [0.15, 0.2) is 0 Å². The predicted molar refractivity (Wildman–Crippen MR) is 50.7 cm³/mol. The molecule has 0 aliphatic carbocycles. The summed E-state index contributed by atoms with van der Waals surface area (Å²) < 4.78 is 18.0. The van der Waals surface area contributed by atoms with Crippen molar-refractivity contribution in [2.24, 2.45) is 0 Å². The summed E-state index contributed by atoms with van der Waals surface area (Å²) in [6.07, 6.45) is -0.801. The van der Waals surface area contributed by atoms with Crippen LogP contribution in [0, 0.1) is 0 Å². The van der Waals surface area contributed by atoms with Gasteiger partial charge in [-0.2, -0.15) is 0 Å². The smallest absolute Gasteiger partial charge is 0.219 e. The Labute approximate surface area is 84.9 Å². The minimum atomic E-state index is -1.04. The molecule has 1 aliphatic heterocycles. The number of rotatable bonds is 1. The van der Waals surface area contributed by atoms with Crippen LogP contribution in [0.3, 0.4) is 0 Å². The molecule has 1 saturated heterocycles. The Bertz CT molecular complexity index is 179. The third kappa shape index (κ3) is 2.29. The van der Waals surface area contributed by atoms with Crippen LogP contribution in [0.2, 0.25) is 0 Å². The van der Waals surface area contributed by atoms with E-state index in [9.17, 15) is 9.18 Å². The summed E-state index contributed by atoms with van der Waals surface area (Å²) >= 11 is 1.70. The van der Waals surface area contributed by atoms with Crippen molar-refractivity contribution in [3.05, 3.63) is 0 Å². The first-order valence-electron chi connectivity index (χ1n) is 3.82. The van der Waals surface area contributed by atoms with Gasteiger partial charge in [-0.25, -0.2) is 4.39 Å². The van der Waals surface area contributed by atoms with Gasteiger partial charge in [0.2, 0.25) is 5.91 Å². The fraction of sp³-hybridized carbons (Fsp3) is 0.857. The molecule has 0 saturated carbocycles. The van der Waals surface area contributed by atoms with Gasteiger partial charge in [-0.1, -0.05) is 0 Å². The lowest BCUT2D eigenvalue weighted by atomic mass is 10.1. The zero-order valence-corrected chi connectivity index (χ0v) is 8.95. The van der Waals surface area contributed by atoms with Crippen molar-refractivity contribution in [3.8, 4) is 0 Å². The second kappa shape index (κ2) is 4.36. The lowest BCUT2D eigenvalue weighted by Crippen LogP contribution is -2.46. The van der Waals surface area contributed by atoms with Crippen LogP contribution in [0.5, 0.6) is 0 Å². The van der Waals surface area contributed by atoms with Gasteiger partial charge >= 0.3 is 0 Å². The maximum absolute atomic E-state index is 13.1. The van der Waals surface area contributed by atoms with E-state index in [0.29, 0.717) is 13.0 Å². The van der Waals surface area contributed by atoms with Gasteiger partial charge < -0.3 is 7.97 Å². The van der Waals surface area contributed by atoms with Crippen LogP contribution in [0.4, 0.5) is 4.39 Å². The van der Waals surface area contributed by atoms with Crippen LogP contribution in [0.1, 0.15) is 13.3 Å². The minimum absolute atomic E-state index is 0.0652. The number of carbonyl (C=O) groups is 1. The monoisotopic (exact) mass is 287 g/mol. The Kier molecular flexibility index (Phi) is 3.70. The molecule has 3 nitrogen and oxygen atoms in total. The molecule has 1 heterocycles. The molecule has 0 spiro atoms. The number of alkyl halides is 1. The largest absolute Gasteiger partial charge is 0.340 e. The molecule has 12 heavy (non-hydrogen) atoms.